The first-order chi connectivity index (χ1) is 12.7. The van der Waals surface area contributed by atoms with Crippen LogP contribution >= 0.6 is 11.8 Å². The molecule has 26 heavy (non-hydrogen) atoms. The summed E-state index contributed by atoms with van der Waals surface area (Å²) in [5.74, 6) is 0.903. The number of hydrogen-bond donors (Lipinski definition) is 0. The smallest absolute Gasteiger partial charge is 0.224 e. The molecule has 0 unspecified atom stereocenters. The van der Waals surface area contributed by atoms with Crippen molar-refractivity contribution in [3.05, 3.63) is 72.7 Å². The molecule has 1 aliphatic heterocycles. The van der Waals surface area contributed by atoms with Crippen LogP contribution in [0, 0.1) is 0 Å². The number of carbonyl (C=O) groups is 1. The predicted molar refractivity (Wildman–Crippen MR) is 104 cm³/mol. The normalized spacial score (nSPS) is 12.4. The summed E-state index contributed by atoms with van der Waals surface area (Å²) < 4.78 is 5.33. The lowest BCUT2D eigenvalue weighted by atomic mass is 10.2. The molecule has 0 N–H and O–H groups in total. The standard InChI is InChI=1S/C21H20N2O2S/c1-22(15-16-7-6-14-25-16)21(24)12-13-23-17-8-2-4-10-19(17)26-20-11-5-3-9-18(20)23/h2-11,14H,12-13,15H2,1H3. The summed E-state index contributed by atoms with van der Waals surface area (Å²) in [5, 5.41) is 0. The Balaban J connectivity index is 1.50. The number of furan rings is 1. The van der Waals surface area contributed by atoms with Crippen LogP contribution in [-0.2, 0) is 11.3 Å². The molecule has 3 aromatic rings. The number of hydrogen-bond acceptors (Lipinski definition) is 4. The van der Waals surface area contributed by atoms with Crippen LogP contribution in [0.4, 0.5) is 11.4 Å². The summed E-state index contributed by atoms with van der Waals surface area (Å²) >= 11 is 1.78. The van der Waals surface area contributed by atoms with Crippen LogP contribution < -0.4 is 4.90 Å². The molecule has 5 heteroatoms. The first-order valence-corrected chi connectivity index (χ1v) is 9.44. The van der Waals surface area contributed by atoms with Gasteiger partial charge in [-0.2, -0.15) is 0 Å². The Kier molecular flexibility index (Phi) is 4.71. The van der Waals surface area contributed by atoms with Gasteiger partial charge in [0, 0.05) is 29.8 Å². The summed E-state index contributed by atoms with van der Waals surface area (Å²) in [5.41, 5.74) is 2.33. The van der Waals surface area contributed by atoms with Gasteiger partial charge in [-0.25, -0.2) is 0 Å². The molecule has 0 aliphatic carbocycles. The number of anilines is 2. The lowest BCUT2D eigenvalue weighted by molar-refractivity contribution is -0.130. The Morgan fingerprint density at radius 3 is 2.27 bits per heavy atom. The van der Waals surface area contributed by atoms with Gasteiger partial charge in [0.05, 0.1) is 24.2 Å². The molecule has 132 valence electrons. The van der Waals surface area contributed by atoms with E-state index in [2.05, 4.69) is 41.3 Å². The molecule has 4 nitrogen and oxygen atoms in total. The van der Waals surface area contributed by atoms with E-state index < -0.39 is 0 Å². The average Bonchev–Trinajstić information content (AvgIpc) is 3.17. The van der Waals surface area contributed by atoms with E-state index in [4.69, 9.17) is 4.42 Å². The first-order valence-electron chi connectivity index (χ1n) is 8.62. The van der Waals surface area contributed by atoms with E-state index in [-0.39, 0.29) is 5.91 Å². The fraction of sp³-hybridized carbons (Fsp3) is 0.190. The zero-order valence-electron chi connectivity index (χ0n) is 14.6. The second-order valence-electron chi connectivity index (χ2n) is 6.27. The van der Waals surface area contributed by atoms with Crippen LogP contribution in [0.1, 0.15) is 12.2 Å². The molecule has 0 bridgehead atoms. The fourth-order valence-electron chi connectivity index (χ4n) is 3.14. The topological polar surface area (TPSA) is 36.7 Å². The van der Waals surface area contributed by atoms with Gasteiger partial charge in [0.2, 0.25) is 5.91 Å². The minimum absolute atomic E-state index is 0.106. The molecule has 1 aliphatic rings. The number of benzene rings is 2. The minimum Gasteiger partial charge on any atom is -0.467 e. The van der Waals surface area contributed by atoms with Crippen molar-refractivity contribution in [3.8, 4) is 0 Å². The van der Waals surface area contributed by atoms with Crippen LogP contribution in [0.15, 0.2) is 81.1 Å². The molecule has 0 saturated carbocycles. The van der Waals surface area contributed by atoms with Crippen LogP contribution in [-0.4, -0.2) is 24.4 Å². The molecular formula is C21H20N2O2S. The molecule has 2 aromatic carbocycles. The molecule has 0 atom stereocenters. The Morgan fingerprint density at radius 1 is 1.00 bits per heavy atom. The van der Waals surface area contributed by atoms with E-state index in [1.54, 1.807) is 22.9 Å². The van der Waals surface area contributed by atoms with E-state index in [1.807, 2.05) is 31.3 Å². The molecule has 2 heterocycles. The van der Waals surface area contributed by atoms with Crippen LogP contribution in [0.2, 0.25) is 0 Å². The van der Waals surface area contributed by atoms with Crippen molar-refractivity contribution in [2.75, 3.05) is 18.5 Å². The summed E-state index contributed by atoms with van der Waals surface area (Å²) in [4.78, 5) is 19.0. The van der Waals surface area contributed by atoms with Crippen molar-refractivity contribution in [1.29, 1.82) is 0 Å². The van der Waals surface area contributed by atoms with Crippen LogP contribution in [0.3, 0.4) is 0 Å². The number of rotatable bonds is 5. The monoisotopic (exact) mass is 364 g/mol. The van der Waals surface area contributed by atoms with Crippen LogP contribution in [0.25, 0.3) is 0 Å². The molecule has 0 saturated heterocycles. The maximum absolute atomic E-state index is 12.6. The zero-order chi connectivity index (χ0) is 17.9. The first kappa shape index (κ1) is 16.8. The maximum Gasteiger partial charge on any atom is 0.224 e. The van der Waals surface area contributed by atoms with Crippen LogP contribution in [0.5, 0.6) is 0 Å². The number of para-hydroxylation sites is 2. The summed E-state index contributed by atoms with van der Waals surface area (Å²) in [6.07, 6.45) is 2.08. The van der Waals surface area contributed by atoms with Crippen molar-refractivity contribution in [2.45, 2.75) is 22.8 Å². The van der Waals surface area contributed by atoms with Gasteiger partial charge in [0.25, 0.3) is 0 Å². The lowest BCUT2D eigenvalue weighted by Crippen LogP contribution is -2.31. The van der Waals surface area contributed by atoms with E-state index in [0.717, 1.165) is 17.1 Å². The molecular weight excluding hydrogens is 344 g/mol. The third kappa shape index (κ3) is 3.35. The highest BCUT2D eigenvalue weighted by Gasteiger charge is 2.23. The Bertz CT molecular complexity index is 862. The minimum atomic E-state index is 0.106. The van der Waals surface area contributed by atoms with Gasteiger partial charge in [-0.05, 0) is 36.4 Å². The van der Waals surface area contributed by atoms with E-state index in [1.165, 1.54) is 9.79 Å². The van der Waals surface area contributed by atoms with E-state index >= 15 is 0 Å². The van der Waals surface area contributed by atoms with Crippen molar-refractivity contribution in [3.63, 3.8) is 0 Å². The molecule has 0 spiro atoms. The van der Waals surface area contributed by atoms with E-state index in [9.17, 15) is 4.79 Å². The summed E-state index contributed by atoms with van der Waals surface area (Å²) in [6, 6.07) is 20.4. The number of carbonyl (C=O) groups excluding carboxylic acids is 1. The third-order valence-electron chi connectivity index (χ3n) is 4.48. The highest BCUT2D eigenvalue weighted by molar-refractivity contribution is 7.99. The highest BCUT2D eigenvalue weighted by atomic mass is 32.2. The SMILES string of the molecule is CN(Cc1ccco1)C(=O)CCN1c2ccccc2Sc2ccccc21. The zero-order valence-corrected chi connectivity index (χ0v) is 15.4. The lowest BCUT2D eigenvalue weighted by Gasteiger charge is -2.33. The van der Waals surface area contributed by atoms with Gasteiger partial charge < -0.3 is 14.2 Å². The molecule has 4 rings (SSSR count). The highest BCUT2D eigenvalue weighted by Crippen LogP contribution is 2.47. The maximum atomic E-state index is 12.6. The Morgan fingerprint density at radius 2 is 1.65 bits per heavy atom. The molecule has 1 amide bonds. The van der Waals surface area contributed by atoms with Crippen molar-refractivity contribution < 1.29 is 9.21 Å². The Labute approximate surface area is 157 Å². The predicted octanol–water partition coefficient (Wildman–Crippen LogP) is 4.93. The second-order valence-corrected chi connectivity index (χ2v) is 7.35. The van der Waals surface area contributed by atoms with Crippen molar-refractivity contribution in [2.24, 2.45) is 0 Å². The third-order valence-corrected chi connectivity index (χ3v) is 5.61. The van der Waals surface area contributed by atoms with E-state index in [0.29, 0.717) is 19.5 Å². The number of amides is 1. The summed E-state index contributed by atoms with van der Waals surface area (Å²) in [7, 11) is 1.82. The fourth-order valence-corrected chi connectivity index (χ4v) is 4.24. The molecule has 0 radical (unpaired) electrons. The number of fused-ring (bicyclic) bond motifs is 2. The molecule has 1 aromatic heterocycles. The average molecular weight is 364 g/mol. The van der Waals surface area contributed by atoms with Crippen molar-refractivity contribution >= 4 is 29.0 Å². The van der Waals surface area contributed by atoms with Crippen molar-refractivity contribution in [1.82, 2.24) is 4.90 Å². The van der Waals surface area contributed by atoms with Gasteiger partial charge in [0.1, 0.15) is 5.76 Å². The van der Waals surface area contributed by atoms with Gasteiger partial charge in [0.15, 0.2) is 0 Å². The quantitative estimate of drug-likeness (QED) is 0.643. The summed E-state index contributed by atoms with van der Waals surface area (Å²) in [6.45, 7) is 1.14. The van der Waals surface area contributed by atoms with Gasteiger partial charge in [-0.1, -0.05) is 36.0 Å². The Hall–Kier alpha value is -2.66. The largest absolute Gasteiger partial charge is 0.467 e. The van der Waals surface area contributed by atoms with Gasteiger partial charge in [-0.3, -0.25) is 4.79 Å². The van der Waals surface area contributed by atoms with Gasteiger partial charge >= 0.3 is 0 Å². The van der Waals surface area contributed by atoms with Gasteiger partial charge in [-0.15, -0.1) is 0 Å². The number of nitrogens with zero attached hydrogens (tertiary/aromatic N) is 2. The second kappa shape index (κ2) is 7.30. The molecule has 0 fully saturated rings.